The Bertz CT molecular complexity index is 1590. The molecule has 0 saturated heterocycles. The van der Waals surface area contributed by atoms with Crippen molar-refractivity contribution >= 4 is 38.5 Å². The van der Waals surface area contributed by atoms with E-state index < -0.39 is 26.3 Å². The minimum absolute atomic E-state index is 0.0853. The van der Waals surface area contributed by atoms with E-state index in [9.17, 15) is 22.0 Å². The summed E-state index contributed by atoms with van der Waals surface area (Å²) >= 11 is 0.0853. The molecule has 2 aromatic heterocycles. The van der Waals surface area contributed by atoms with Crippen LogP contribution in [0.5, 0.6) is 0 Å². The van der Waals surface area contributed by atoms with Gasteiger partial charge in [-0.15, -0.1) is 0 Å². The summed E-state index contributed by atoms with van der Waals surface area (Å²) in [7, 11) is -3.21. The van der Waals surface area contributed by atoms with Crippen LogP contribution in [-0.4, -0.2) is 47.7 Å². The van der Waals surface area contributed by atoms with Crippen molar-refractivity contribution in [1.82, 2.24) is 9.97 Å². The van der Waals surface area contributed by atoms with Crippen LogP contribution in [0.15, 0.2) is 78.1 Å². The van der Waals surface area contributed by atoms with Crippen LogP contribution < -0.4 is 0 Å². The molecule has 4 aromatic rings. The summed E-state index contributed by atoms with van der Waals surface area (Å²) in [5.74, 6) is -1.60. The number of esters is 1. The Labute approximate surface area is 224 Å². The lowest BCUT2D eigenvalue weighted by atomic mass is 9.95. The fraction of sp³-hybridized carbons (Fsp3) is 0.250. The molecular weight excluding hydrogens is 530 g/mol. The van der Waals surface area contributed by atoms with E-state index in [4.69, 9.17) is 0 Å². The molecule has 0 aliphatic carbocycles. The molecule has 0 amide bonds. The normalized spacial score (nSPS) is 12.9. The van der Waals surface area contributed by atoms with Crippen molar-refractivity contribution in [3.8, 4) is 22.3 Å². The van der Waals surface area contributed by atoms with E-state index in [1.165, 1.54) is 19.4 Å². The lowest BCUT2D eigenvalue weighted by Gasteiger charge is -2.15. The number of carbonyl (C=O) groups is 1. The van der Waals surface area contributed by atoms with E-state index in [1.54, 1.807) is 25.4 Å². The van der Waals surface area contributed by atoms with Gasteiger partial charge in [-0.3, -0.25) is 9.97 Å². The van der Waals surface area contributed by atoms with Crippen LogP contribution >= 0.6 is 11.8 Å². The molecule has 198 valence electrons. The fourth-order valence-corrected chi connectivity index (χ4v) is 5.21. The van der Waals surface area contributed by atoms with Gasteiger partial charge in [-0.05, 0) is 79.1 Å². The van der Waals surface area contributed by atoms with Crippen LogP contribution in [0, 0.1) is 0 Å². The first-order valence-electron chi connectivity index (χ1n) is 11.8. The second-order valence-electron chi connectivity index (χ2n) is 8.89. The largest absolute Gasteiger partial charge is 0.461 e. The SMILES string of the molecule is CCOC(=O)C(F)(F)Sc1cncc(-c2cccc(-c3cc(CC(C)S(C)(=O)=O)cc4cccnc34)c2)c1. The van der Waals surface area contributed by atoms with Crippen LogP contribution in [0.2, 0.25) is 0 Å². The molecule has 0 bridgehead atoms. The third-order valence-electron chi connectivity index (χ3n) is 6.00. The molecule has 1 unspecified atom stereocenters. The summed E-state index contributed by atoms with van der Waals surface area (Å²) in [5, 5.41) is -3.41. The second kappa shape index (κ2) is 11.2. The highest BCUT2D eigenvalue weighted by Crippen LogP contribution is 2.38. The number of nitrogens with zero attached hydrogens (tertiary/aromatic N) is 2. The average molecular weight is 557 g/mol. The molecule has 6 nitrogen and oxygen atoms in total. The Kier molecular flexibility index (Phi) is 8.13. The van der Waals surface area contributed by atoms with Crippen molar-refractivity contribution in [1.29, 1.82) is 0 Å². The Morgan fingerprint density at radius 2 is 1.82 bits per heavy atom. The summed E-state index contributed by atoms with van der Waals surface area (Å²) < 4.78 is 57.1. The van der Waals surface area contributed by atoms with E-state index in [0.717, 1.165) is 33.2 Å². The van der Waals surface area contributed by atoms with Crippen molar-refractivity contribution in [3.63, 3.8) is 0 Å². The molecule has 2 heterocycles. The number of hydrogen-bond donors (Lipinski definition) is 0. The van der Waals surface area contributed by atoms with Crippen molar-refractivity contribution in [2.45, 2.75) is 35.7 Å². The summed E-state index contributed by atoms with van der Waals surface area (Å²) in [6.45, 7) is 3.01. The number of ether oxygens (including phenoxy) is 1. The zero-order valence-corrected chi connectivity index (χ0v) is 22.7. The molecule has 0 saturated carbocycles. The molecule has 4 rings (SSSR count). The quantitative estimate of drug-likeness (QED) is 0.180. The highest BCUT2D eigenvalue weighted by Gasteiger charge is 2.42. The van der Waals surface area contributed by atoms with Gasteiger partial charge in [-0.2, -0.15) is 8.78 Å². The third kappa shape index (κ3) is 6.36. The highest BCUT2D eigenvalue weighted by atomic mass is 32.2. The van der Waals surface area contributed by atoms with Crippen LogP contribution in [0.1, 0.15) is 19.4 Å². The number of hydrogen-bond acceptors (Lipinski definition) is 7. The number of rotatable bonds is 9. The van der Waals surface area contributed by atoms with E-state index in [2.05, 4.69) is 14.7 Å². The number of aromatic nitrogens is 2. The summed E-state index contributed by atoms with van der Waals surface area (Å²) in [4.78, 5) is 20.4. The van der Waals surface area contributed by atoms with Gasteiger partial charge in [0, 0.05) is 46.3 Å². The van der Waals surface area contributed by atoms with Crippen molar-refractivity contribution in [2.75, 3.05) is 12.9 Å². The average Bonchev–Trinajstić information content (AvgIpc) is 2.88. The maximum atomic E-state index is 14.3. The first kappa shape index (κ1) is 27.7. The maximum Gasteiger partial charge on any atom is 0.393 e. The predicted molar refractivity (Wildman–Crippen MR) is 146 cm³/mol. The molecule has 2 aromatic carbocycles. The number of carbonyl (C=O) groups excluding carboxylic acids is 1. The molecule has 0 N–H and O–H groups in total. The maximum absolute atomic E-state index is 14.3. The van der Waals surface area contributed by atoms with Gasteiger partial charge in [0.2, 0.25) is 0 Å². The minimum Gasteiger partial charge on any atom is -0.461 e. The van der Waals surface area contributed by atoms with Gasteiger partial charge >= 0.3 is 11.2 Å². The second-order valence-corrected chi connectivity index (χ2v) is 12.5. The zero-order chi connectivity index (χ0) is 27.5. The Balaban J connectivity index is 1.72. The molecule has 0 radical (unpaired) electrons. The van der Waals surface area contributed by atoms with Crippen molar-refractivity contribution < 1.29 is 26.7 Å². The molecule has 38 heavy (non-hydrogen) atoms. The third-order valence-corrected chi connectivity index (χ3v) is 8.51. The molecule has 0 aliphatic rings. The lowest BCUT2D eigenvalue weighted by Crippen LogP contribution is -2.26. The number of pyridine rings is 2. The topological polar surface area (TPSA) is 86.2 Å². The first-order chi connectivity index (χ1) is 18.0. The molecule has 0 spiro atoms. The highest BCUT2D eigenvalue weighted by molar-refractivity contribution is 8.01. The molecular formula is C28H26F2N2O4S2. The zero-order valence-electron chi connectivity index (χ0n) is 21.0. The number of halogens is 2. The molecule has 0 aliphatic heterocycles. The number of alkyl halides is 2. The van der Waals surface area contributed by atoms with Gasteiger partial charge in [0.05, 0.1) is 17.4 Å². The van der Waals surface area contributed by atoms with Gasteiger partial charge in [-0.25, -0.2) is 13.2 Å². The Morgan fingerprint density at radius 3 is 2.55 bits per heavy atom. The molecule has 1 atom stereocenters. The summed E-state index contributed by atoms with van der Waals surface area (Å²) in [5.41, 5.74) is 4.61. The van der Waals surface area contributed by atoms with Crippen LogP contribution in [0.3, 0.4) is 0 Å². The monoisotopic (exact) mass is 556 g/mol. The van der Waals surface area contributed by atoms with Crippen LogP contribution in [-0.2, 0) is 25.8 Å². The van der Waals surface area contributed by atoms with Crippen molar-refractivity contribution in [3.05, 3.63) is 78.8 Å². The lowest BCUT2D eigenvalue weighted by molar-refractivity contribution is -0.159. The Morgan fingerprint density at radius 1 is 1.05 bits per heavy atom. The Hall–Kier alpha value is -3.37. The van der Waals surface area contributed by atoms with E-state index >= 15 is 0 Å². The molecule has 0 fully saturated rings. The number of benzene rings is 2. The van der Waals surface area contributed by atoms with E-state index in [1.807, 2.05) is 48.5 Å². The minimum atomic E-state index is -3.74. The van der Waals surface area contributed by atoms with Gasteiger partial charge in [0.15, 0.2) is 0 Å². The summed E-state index contributed by atoms with van der Waals surface area (Å²) in [6.07, 6.45) is 6.12. The molecule has 10 heteroatoms. The van der Waals surface area contributed by atoms with E-state index in [-0.39, 0.29) is 23.3 Å². The summed E-state index contributed by atoms with van der Waals surface area (Å²) in [6, 6.07) is 16.7. The number of sulfone groups is 1. The number of thioether (sulfide) groups is 1. The predicted octanol–water partition coefficient (Wildman–Crippen LogP) is 6.19. The fourth-order valence-electron chi connectivity index (χ4n) is 3.98. The smallest absolute Gasteiger partial charge is 0.393 e. The van der Waals surface area contributed by atoms with E-state index in [0.29, 0.717) is 12.0 Å². The first-order valence-corrected chi connectivity index (χ1v) is 14.6. The van der Waals surface area contributed by atoms with Gasteiger partial charge in [0.1, 0.15) is 9.84 Å². The van der Waals surface area contributed by atoms with Gasteiger partial charge in [-0.1, -0.05) is 24.3 Å². The van der Waals surface area contributed by atoms with Crippen LogP contribution in [0.4, 0.5) is 8.78 Å². The van der Waals surface area contributed by atoms with Crippen molar-refractivity contribution in [2.24, 2.45) is 0 Å². The van der Waals surface area contributed by atoms with Gasteiger partial charge in [0.25, 0.3) is 0 Å². The number of fused-ring (bicyclic) bond motifs is 1. The standard InChI is InChI=1S/C28H26F2N2O4S2/c1-4-36-27(33)28(29,30)37-24-15-23(16-31-17-24)20-7-5-8-21(14-20)25-13-19(11-18(2)38(3,34)35)12-22-9-6-10-32-26(22)25/h5-10,12-18H,4,11H2,1-3H3. The van der Waals surface area contributed by atoms with Crippen LogP contribution in [0.25, 0.3) is 33.2 Å². The van der Waals surface area contributed by atoms with Gasteiger partial charge < -0.3 is 4.74 Å².